The van der Waals surface area contributed by atoms with Gasteiger partial charge in [-0.25, -0.2) is 9.97 Å². The highest BCUT2D eigenvalue weighted by Crippen LogP contribution is 2.21. The first-order valence-electron chi connectivity index (χ1n) is 6.79. The number of nitrogens with two attached hydrogens (primary N) is 1. The number of hydrogen-bond donors (Lipinski definition) is 2. The summed E-state index contributed by atoms with van der Waals surface area (Å²) < 4.78 is 0.983. The Morgan fingerprint density at radius 3 is 2.62 bits per heavy atom. The normalized spacial score (nSPS) is 10.4. The first kappa shape index (κ1) is 15.4. The summed E-state index contributed by atoms with van der Waals surface area (Å²) in [4.78, 5) is 20.0. The largest absolute Gasteiger partial charge is 0.364 e. The van der Waals surface area contributed by atoms with Gasteiger partial charge in [-0.15, -0.1) is 0 Å². The summed E-state index contributed by atoms with van der Waals surface area (Å²) in [6.45, 7) is 2.87. The van der Waals surface area contributed by atoms with Gasteiger partial charge in [-0.05, 0) is 24.6 Å². The number of unbranched alkanes of at least 4 members (excludes halogenated alkanes) is 1. The lowest BCUT2D eigenvalue weighted by atomic mass is 10.1. The summed E-state index contributed by atoms with van der Waals surface area (Å²) in [5.74, 6) is -0.132. The van der Waals surface area contributed by atoms with E-state index in [-0.39, 0.29) is 5.69 Å². The average molecular weight is 349 g/mol. The number of amides is 1. The van der Waals surface area contributed by atoms with Crippen LogP contribution in [0.15, 0.2) is 34.8 Å². The van der Waals surface area contributed by atoms with Crippen LogP contribution in [0.1, 0.15) is 30.3 Å². The highest BCUT2D eigenvalue weighted by atomic mass is 79.9. The first-order valence-corrected chi connectivity index (χ1v) is 7.58. The van der Waals surface area contributed by atoms with Crippen LogP contribution >= 0.6 is 15.9 Å². The van der Waals surface area contributed by atoms with Crippen molar-refractivity contribution in [2.45, 2.75) is 19.8 Å². The van der Waals surface area contributed by atoms with Crippen LogP contribution in [0, 0.1) is 0 Å². The molecule has 110 valence electrons. The van der Waals surface area contributed by atoms with Gasteiger partial charge in [-0.3, -0.25) is 4.79 Å². The predicted molar refractivity (Wildman–Crippen MR) is 87.1 cm³/mol. The first-order chi connectivity index (χ1) is 10.1. The molecule has 1 aromatic heterocycles. The fourth-order valence-corrected chi connectivity index (χ4v) is 2.06. The topological polar surface area (TPSA) is 80.9 Å². The molecule has 3 N–H and O–H groups in total. The van der Waals surface area contributed by atoms with E-state index in [1.165, 1.54) is 0 Å². The summed E-state index contributed by atoms with van der Waals surface area (Å²) in [7, 11) is 0. The van der Waals surface area contributed by atoms with Crippen LogP contribution in [-0.2, 0) is 0 Å². The molecule has 0 fully saturated rings. The molecule has 2 rings (SSSR count). The Kier molecular flexibility index (Phi) is 5.27. The Morgan fingerprint density at radius 1 is 1.29 bits per heavy atom. The maximum Gasteiger partial charge on any atom is 0.267 e. The van der Waals surface area contributed by atoms with E-state index in [0.29, 0.717) is 11.6 Å². The molecule has 2 aromatic rings. The minimum Gasteiger partial charge on any atom is -0.364 e. The molecule has 0 aliphatic carbocycles. The molecule has 21 heavy (non-hydrogen) atoms. The molecular weight excluding hydrogens is 332 g/mol. The van der Waals surface area contributed by atoms with Gasteiger partial charge >= 0.3 is 0 Å². The summed E-state index contributed by atoms with van der Waals surface area (Å²) in [6.07, 6.45) is 2.08. The van der Waals surface area contributed by atoms with Crippen molar-refractivity contribution in [1.29, 1.82) is 0 Å². The van der Waals surface area contributed by atoms with Crippen molar-refractivity contribution in [2.75, 3.05) is 11.9 Å². The molecule has 1 heterocycles. The lowest BCUT2D eigenvalue weighted by Gasteiger charge is -2.08. The van der Waals surface area contributed by atoms with Crippen LogP contribution in [0.4, 0.5) is 5.95 Å². The second-order valence-electron chi connectivity index (χ2n) is 4.61. The fourth-order valence-electron chi connectivity index (χ4n) is 1.80. The number of primary amides is 1. The van der Waals surface area contributed by atoms with Crippen LogP contribution < -0.4 is 11.1 Å². The number of benzene rings is 1. The van der Waals surface area contributed by atoms with E-state index >= 15 is 0 Å². The van der Waals surface area contributed by atoms with Crippen molar-refractivity contribution in [3.05, 3.63) is 40.5 Å². The fraction of sp³-hybridized carbons (Fsp3) is 0.267. The van der Waals surface area contributed by atoms with Crippen LogP contribution in [0.3, 0.4) is 0 Å². The number of nitrogens with zero attached hydrogens (tertiary/aromatic N) is 2. The molecule has 0 aliphatic rings. The van der Waals surface area contributed by atoms with E-state index in [1.54, 1.807) is 6.07 Å². The molecule has 0 spiro atoms. The SMILES string of the molecule is CCCCNc1nc(C(N)=O)cc(-c2ccc(Br)cc2)n1. The van der Waals surface area contributed by atoms with Crippen molar-refractivity contribution in [3.63, 3.8) is 0 Å². The molecular formula is C15H17BrN4O. The van der Waals surface area contributed by atoms with Crippen LogP contribution in [0.2, 0.25) is 0 Å². The van der Waals surface area contributed by atoms with Crippen LogP contribution in [-0.4, -0.2) is 22.4 Å². The number of halogens is 1. The Balaban J connectivity index is 2.35. The smallest absolute Gasteiger partial charge is 0.267 e. The van der Waals surface area contributed by atoms with Gasteiger partial charge in [0.1, 0.15) is 5.69 Å². The molecule has 0 saturated heterocycles. The monoisotopic (exact) mass is 348 g/mol. The van der Waals surface area contributed by atoms with Crippen molar-refractivity contribution in [3.8, 4) is 11.3 Å². The summed E-state index contributed by atoms with van der Waals surface area (Å²) in [6, 6.07) is 9.30. The van der Waals surface area contributed by atoms with Gasteiger partial charge < -0.3 is 11.1 Å². The second kappa shape index (κ2) is 7.17. The Morgan fingerprint density at radius 2 is 2.00 bits per heavy atom. The quantitative estimate of drug-likeness (QED) is 0.785. The van der Waals surface area contributed by atoms with Gasteiger partial charge in [0.25, 0.3) is 5.91 Å². The predicted octanol–water partition coefficient (Wildman–Crippen LogP) is 3.22. The van der Waals surface area contributed by atoms with Crippen molar-refractivity contribution < 1.29 is 4.79 Å². The zero-order valence-electron chi connectivity index (χ0n) is 11.8. The molecule has 0 saturated carbocycles. The molecule has 0 atom stereocenters. The van der Waals surface area contributed by atoms with Gasteiger partial charge in [0.15, 0.2) is 0 Å². The number of hydrogen-bond acceptors (Lipinski definition) is 4. The van der Waals surface area contributed by atoms with Crippen molar-refractivity contribution in [2.24, 2.45) is 5.73 Å². The zero-order chi connectivity index (χ0) is 15.2. The molecule has 5 nitrogen and oxygen atoms in total. The van der Waals surface area contributed by atoms with Crippen molar-refractivity contribution >= 4 is 27.8 Å². The zero-order valence-corrected chi connectivity index (χ0v) is 13.4. The molecule has 0 aliphatic heterocycles. The second-order valence-corrected chi connectivity index (χ2v) is 5.53. The average Bonchev–Trinajstić information content (AvgIpc) is 2.48. The minimum atomic E-state index is -0.561. The maximum absolute atomic E-state index is 11.4. The number of anilines is 1. The van der Waals surface area contributed by atoms with Gasteiger partial charge in [-0.1, -0.05) is 41.4 Å². The number of aromatic nitrogens is 2. The van der Waals surface area contributed by atoms with Gasteiger partial charge in [0, 0.05) is 16.6 Å². The van der Waals surface area contributed by atoms with E-state index in [9.17, 15) is 4.79 Å². The Bertz CT molecular complexity index is 628. The molecule has 1 aromatic carbocycles. The standard InChI is InChI=1S/C15H17BrN4O/c1-2-3-8-18-15-19-12(9-13(20-15)14(17)21)10-4-6-11(16)7-5-10/h4-7,9H,2-3,8H2,1H3,(H2,17,21)(H,18,19,20). The van der Waals surface area contributed by atoms with E-state index in [4.69, 9.17) is 5.73 Å². The Labute approximate surface area is 132 Å². The number of carbonyl (C=O) groups excluding carboxylic acids is 1. The number of rotatable bonds is 6. The molecule has 6 heteroatoms. The third-order valence-electron chi connectivity index (χ3n) is 2.93. The minimum absolute atomic E-state index is 0.210. The molecule has 0 bridgehead atoms. The number of nitrogens with one attached hydrogen (secondary N) is 1. The molecule has 0 unspecified atom stereocenters. The summed E-state index contributed by atoms with van der Waals surface area (Å²) >= 11 is 3.39. The van der Waals surface area contributed by atoms with Gasteiger partial charge in [-0.2, -0.15) is 0 Å². The third-order valence-corrected chi connectivity index (χ3v) is 3.46. The highest BCUT2D eigenvalue weighted by molar-refractivity contribution is 9.10. The number of carbonyl (C=O) groups is 1. The van der Waals surface area contributed by atoms with E-state index < -0.39 is 5.91 Å². The highest BCUT2D eigenvalue weighted by Gasteiger charge is 2.10. The van der Waals surface area contributed by atoms with E-state index in [0.717, 1.165) is 29.4 Å². The van der Waals surface area contributed by atoms with Crippen LogP contribution in [0.25, 0.3) is 11.3 Å². The maximum atomic E-state index is 11.4. The summed E-state index contributed by atoms with van der Waals surface area (Å²) in [5.41, 5.74) is 7.13. The summed E-state index contributed by atoms with van der Waals surface area (Å²) in [5, 5.41) is 3.12. The lowest BCUT2D eigenvalue weighted by Crippen LogP contribution is -2.16. The Hall–Kier alpha value is -1.95. The van der Waals surface area contributed by atoms with E-state index in [1.807, 2.05) is 24.3 Å². The third kappa shape index (κ3) is 4.26. The van der Waals surface area contributed by atoms with Crippen molar-refractivity contribution in [1.82, 2.24) is 9.97 Å². The van der Waals surface area contributed by atoms with Gasteiger partial charge in [0.2, 0.25) is 5.95 Å². The van der Waals surface area contributed by atoms with Crippen LogP contribution in [0.5, 0.6) is 0 Å². The van der Waals surface area contributed by atoms with Gasteiger partial charge in [0.05, 0.1) is 5.69 Å². The molecule has 1 amide bonds. The van der Waals surface area contributed by atoms with E-state index in [2.05, 4.69) is 38.1 Å². The molecule has 0 radical (unpaired) electrons. The lowest BCUT2D eigenvalue weighted by molar-refractivity contribution is 0.0995.